The topological polar surface area (TPSA) is 58.6 Å². The zero-order valence-electron chi connectivity index (χ0n) is 11.7. The fourth-order valence-electron chi connectivity index (χ4n) is 1.49. The lowest BCUT2D eigenvalue weighted by molar-refractivity contribution is -0.127. The summed E-state index contributed by atoms with van der Waals surface area (Å²) in [5.74, 6) is 0.798. The summed E-state index contributed by atoms with van der Waals surface area (Å²) >= 11 is 6.76. The third-order valence-corrected chi connectivity index (χ3v) is 3.77. The van der Waals surface area contributed by atoms with Gasteiger partial charge in [-0.1, -0.05) is 13.8 Å². The summed E-state index contributed by atoms with van der Waals surface area (Å²) in [6.07, 6.45) is -0.596. The number of rotatable bonds is 6. The molecule has 0 aliphatic rings. The summed E-state index contributed by atoms with van der Waals surface area (Å²) in [7, 11) is 0. The van der Waals surface area contributed by atoms with E-state index < -0.39 is 6.10 Å². The van der Waals surface area contributed by atoms with Crippen LogP contribution in [0.25, 0.3) is 0 Å². The Morgan fingerprint density at radius 1 is 1.30 bits per heavy atom. The standard InChI is InChI=1S/C14H19Br2NO3/c1-8(2)6-17-14(19)9(3)20-13-11(15)4-10(7-18)5-12(13)16/h4-5,8-9,18H,6-7H2,1-3H3,(H,17,19). The van der Waals surface area contributed by atoms with E-state index in [4.69, 9.17) is 9.84 Å². The van der Waals surface area contributed by atoms with Crippen LogP contribution in [-0.2, 0) is 11.4 Å². The normalized spacial score (nSPS) is 12.3. The fourth-order valence-corrected chi connectivity index (χ4v) is 2.96. The van der Waals surface area contributed by atoms with Crippen molar-refractivity contribution in [3.8, 4) is 5.75 Å². The lowest BCUT2D eigenvalue weighted by Crippen LogP contribution is -2.38. The minimum Gasteiger partial charge on any atom is -0.479 e. The zero-order valence-corrected chi connectivity index (χ0v) is 14.9. The third kappa shape index (κ3) is 5.07. The van der Waals surface area contributed by atoms with E-state index in [1.54, 1.807) is 19.1 Å². The highest BCUT2D eigenvalue weighted by Gasteiger charge is 2.18. The second-order valence-electron chi connectivity index (χ2n) is 4.95. The van der Waals surface area contributed by atoms with Crippen LogP contribution in [0.2, 0.25) is 0 Å². The van der Waals surface area contributed by atoms with Crippen LogP contribution in [0.15, 0.2) is 21.1 Å². The maximum absolute atomic E-state index is 11.9. The first-order chi connectivity index (χ1) is 9.35. The van der Waals surface area contributed by atoms with Crippen molar-refractivity contribution in [1.82, 2.24) is 5.32 Å². The summed E-state index contributed by atoms with van der Waals surface area (Å²) in [4.78, 5) is 11.9. The Hall–Kier alpha value is -0.590. The Morgan fingerprint density at radius 3 is 2.30 bits per heavy atom. The number of benzene rings is 1. The third-order valence-electron chi connectivity index (χ3n) is 2.59. The van der Waals surface area contributed by atoms with Gasteiger partial charge in [0.15, 0.2) is 6.10 Å². The summed E-state index contributed by atoms with van der Waals surface area (Å²) < 4.78 is 7.07. The van der Waals surface area contributed by atoms with Crippen LogP contribution < -0.4 is 10.1 Å². The molecule has 1 rings (SSSR count). The van der Waals surface area contributed by atoms with Gasteiger partial charge in [0.2, 0.25) is 0 Å². The number of aliphatic hydroxyl groups excluding tert-OH is 1. The molecule has 0 saturated heterocycles. The maximum atomic E-state index is 11.9. The SMILES string of the molecule is CC(C)CNC(=O)C(C)Oc1c(Br)cc(CO)cc1Br. The Bertz CT molecular complexity index is 454. The van der Waals surface area contributed by atoms with Gasteiger partial charge in [-0.2, -0.15) is 0 Å². The number of hydrogen-bond donors (Lipinski definition) is 2. The average molecular weight is 409 g/mol. The highest BCUT2D eigenvalue weighted by molar-refractivity contribution is 9.11. The van der Waals surface area contributed by atoms with Gasteiger partial charge in [-0.3, -0.25) is 4.79 Å². The molecule has 6 heteroatoms. The number of nitrogens with one attached hydrogen (secondary N) is 1. The minimum absolute atomic E-state index is 0.0537. The Kier molecular flexibility index (Phi) is 6.99. The molecule has 2 N–H and O–H groups in total. The molecule has 1 aromatic carbocycles. The molecule has 0 aromatic heterocycles. The predicted molar refractivity (Wildman–Crippen MR) is 85.7 cm³/mol. The van der Waals surface area contributed by atoms with Crippen LogP contribution in [0.3, 0.4) is 0 Å². The van der Waals surface area contributed by atoms with Crippen LogP contribution in [0, 0.1) is 5.92 Å². The molecule has 0 aliphatic heterocycles. The van der Waals surface area contributed by atoms with Crippen molar-refractivity contribution in [3.05, 3.63) is 26.6 Å². The number of hydrogen-bond acceptors (Lipinski definition) is 3. The fraction of sp³-hybridized carbons (Fsp3) is 0.500. The van der Waals surface area contributed by atoms with E-state index in [1.165, 1.54) is 0 Å². The molecule has 112 valence electrons. The molecular weight excluding hydrogens is 390 g/mol. The van der Waals surface area contributed by atoms with Crippen LogP contribution in [-0.4, -0.2) is 23.7 Å². The number of aliphatic hydroxyl groups is 1. The van der Waals surface area contributed by atoms with Gasteiger partial charge in [0.25, 0.3) is 5.91 Å². The molecule has 20 heavy (non-hydrogen) atoms. The van der Waals surface area contributed by atoms with Crippen molar-refractivity contribution >= 4 is 37.8 Å². The maximum Gasteiger partial charge on any atom is 0.260 e. The molecule has 1 aromatic rings. The number of carbonyl (C=O) groups is 1. The molecule has 1 amide bonds. The highest BCUT2D eigenvalue weighted by atomic mass is 79.9. The van der Waals surface area contributed by atoms with Crippen molar-refractivity contribution in [1.29, 1.82) is 0 Å². The van der Waals surface area contributed by atoms with E-state index in [9.17, 15) is 4.79 Å². The van der Waals surface area contributed by atoms with Gasteiger partial charge in [0, 0.05) is 6.54 Å². The quantitative estimate of drug-likeness (QED) is 0.759. The molecule has 0 saturated carbocycles. The van der Waals surface area contributed by atoms with Gasteiger partial charge in [-0.25, -0.2) is 0 Å². The minimum atomic E-state index is -0.596. The van der Waals surface area contributed by atoms with Gasteiger partial charge in [0.05, 0.1) is 15.6 Å². The number of amides is 1. The zero-order chi connectivity index (χ0) is 15.3. The molecule has 1 atom stereocenters. The van der Waals surface area contributed by atoms with E-state index in [0.29, 0.717) is 27.2 Å². The summed E-state index contributed by atoms with van der Waals surface area (Å²) in [5, 5.41) is 12.0. The molecule has 0 aliphatic carbocycles. The second kappa shape index (κ2) is 8.00. The van der Waals surface area contributed by atoms with E-state index in [2.05, 4.69) is 37.2 Å². The van der Waals surface area contributed by atoms with Crippen molar-refractivity contribution < 1.29 is 14.6 Å². The van der Waals surface area contributed by atoms with Crippen LogP contribution in [0.4, 0.5) is 0 Å². The van der Waals surface area contributed by atoms with Crippen LogP contribution >= 0.6 is 31.9 Å². The van der Waals surface area contributed by atoms with Crippen LogP contribution in [0.1, 0.15) is 26.3 Å². The van der Waals surface area contributed by atoms with Gasteiger partial charge >= 0.3 is 0 Å². The van der Waals surface area contributed by atoms with Gasteiger partial charge in [-0.05, 0) is 62.4 Å². The first-order valence-electron chi connectivity index (χ1n) is 6.38. The second-order valence-corrected chi connectivity index (χ2v) is 6.65. The molecule has 0 spiro atoms. The van der Waals surface area contributed by atoms with E-state index in [-0.39, 0.29) is 12.5 Å². The lowest BCUT2D eigenvalue weighted by Gasteiger charge is -2.18. The van der Waals surface area contributed by atoms with Gasteiger partial charge < -0.3 is 15.2 Å². The van der Waals surface area contributed by atoms with Gasteiger partial charge in [-0.15, -0.1) is 0 Å². The number of halogens is 2. The van der Waals surface area contributed by atoms with Crippen molar-refractivity contribution in [2.24, 2.45) is 5.92 Å². The largest absolute Gasteiger partial charge is 0.479 e. The van der Waals surface area contributed by atoms with Gasteiger partial charge in [0.1, 0.15) is 5.75 Å². The molecule has 0 bridgehead atoms. The summed E-state index contributed by atoms with van der Waals surface area (Å²) in [6.45, 7) is 6.34. The van der Waals surface area contributed by atoms with E-state index in [1.807, 2.05) is 13.8 Å². The van der Waals surface area contributed by atoms with E-state index >= 15 is 0 Å². The molecule has 1 unspecified atom stereocenters. The first-order valence-corrected chi connectivity index (χ1v) is 7.96. The lowest BCUT2D eigenvalue weighted by atomic mass is 10.2. The summed E-state index contributed by atoms with van der Waals surface area (Å²) in [5.41, 5.74) is 0.757. The number of carbonyl (C=O) groups excluding carboxylic acids is 1. The molecule has 4 nitrogen and oxygen atoms in total. The van der Waals surface area contributed by atoms with Crippen molar-refractivity contribution in [3.63, 3.8) is 0 Å². The average Bonchev–Trinajstić information content (AvgIpc) is 2.39. The predicted octanol–water partition coefficient (Wildman–Crippen LogP) is 3.24. The smallest absolute Gasteiger partial charge is 0.260 e. The Balaban J connectivity index is 2.75. The Labute approximate surface area is 136 Å². The highest BCUT2D eigenvalue weighted by Crippen LogP contribution is 2.35. The van der Waals surface area contributed by atoms with E-state index in [0.717, 1.165) is 5.56 Å². The summed E-state index contributed by atoms with van der Waals surface area (Å²) in [6, 6.07) is 3.53. The van der Waals surface area contributed by atoms with Crippen LogP contribution in [0.5, 0.6) is 5.75 Å². The first kappa shape index (κ1) is 17.5. The molecule has 0 radical (unpaired) electrons. The molecule has 0 heterocycles. The molecule has 0 fully saturated rings. The molecular formula is C14H19Br2NO3. The monoisotopic (exact) mass is 407 g/mol. The number of ether oxygens (including phenoxy) is 1. The van der Waals surface area contributed by atoms with Crippen molar-refractivity contribution in [2.45, 2.75) is 33.5 Å². The Morgan fingerprint density at radius 2 is 1.85 bits per heavy atom. The van der Waals surface area contributed by atoms with Crippen molar-refractivity contribution in [2.75, 3.05) is 6.54 Å².